The summed E-state index contributed by atoms with van der Waals surface area (Å²) in [5.41, 5.74) is 0.159. The molecule has 8 nitrogen and oxygen atoms in total. The Balaban J connectivity index is 2.01. The van der Waals surface area contributed by atoms with Crippen LogP contribution in [0.1, 0.15) is 36.8 Å². The Kier molecular flexibility index (Phi) is 5.55. The van der Waals surface area contributed by atoms with Crippen molar-refractivity contribution < 1.29 is 18.8 Å². The first-order chi connectivity index (χ1) is 14.1. The lowest BCUT2D eigenvalue weighted by atomic mass is 10.1. The fourth-order valence-corrected chi connectivity index (χ4v) is 2.79. The number of ether oxygens (including phenoxy) is 1. The maximum Gasteiger partial charge on any atom is 0.311 e. The Labute approximate surface area is 172 Å². The Bertz CT molecular complexity index is 1100. The minimum Gasteiger partial charge on any atom is -0.432 e. The van der Waals surface area contributed by atoms with E-state index in [1.807, 2.05) is 20.8 Å². The predicted octanol–water partition coefficient (Wildman–Crippen LogP) is 5.04. The van der Waals surface area contributed by atoms with Gasteiger partial charge in [-0.15, -0.1) is 0 Å². The SMILES string of the molecule is Cc1c(C(=O)Nc2ccc(F)cc2)nn(C(C)(C)C)c1Oc1ccccc1[N+](=O)[O-]. The number of nitro groups is 1. The second-order valence-corrected chi connectivity index (χ2v) is 7.65. The van der Waals surface area contributed by atoms with E-state index < -0.39 is 22.2 Å². The molecule has 1 N–H and O–H groups in total. The van der Waals surface area contributed by atoms with E-state index in [-0.39, 0.29) is 23.0 Å². The Morgan fingerprint density at radius 2 is 1.80 bits per heavy atom. The molecule has 2 aromatic carbocycles. The van der Waals surface area contributed by atoms with E-state index in [4.69, 9.17) is 4.74 Å². The van der Waals surface area contributed by atoms with Crippen molar-refractivity contribution in [3.05, 3.63) is 75.7 Å². The van der Waals surface area contributed by atoms with Crippen LogP contribution in [0.5, 0.6) is 11.6 Å². The summed E-state index contributed by atoms with van der Waals surface area (Å²) in [7, 11) is 0. The molecule has 1 amide bonds. The number of carbonyl (C=O) groups excluding carboxylic acids is 1. The third kappa shape index (κ3) is 4.29. The van der Waals surface area contributed by atoms with Crippen LogP contribution in [-0.4, -0.2) is 20.6 Å². The summed E-state index contributed by atoms with van der Waals surface area (Å²) in [5.74, 6) is -0.654. The highest BCUT2D eigenvalue weighted by molar-refractivity contribution is 6.04. The number of amides is 1. The van der Waals surface area contributed by atoms with E-state index in [0.717, 1.165) is 0 Å². The summed E-state index contributed by atoms with van der Waals surface area (Å²) >= 11 is 0. The number of para-hydroxylation sites is 2. The number of rotatable bonds is 5. The molecular formula is C21H21FN4O4. The van der Waals surface area contributed by atoms with Crippen molar-refractivity contribution in [2.24, 2.45) is 0 Å². The van der Waals surface area contributed by atoms with Gasteiger partial charge in [-0.05, 0) is 58.0 Å². The number of hydrogen-bond acceptors (Lipinski definition) is 5. The normalized spacial score (nSPS) is 11.2. The van der Waals surface area contributed by atoms with Crippen molar-refractivity contribution in [2.75, 3.05) is 5.32 Å². The van der Waals surface area contributed by atoms with Crippen LogP contribution in [0, 0.1) is 22.9 Å². The van der Waals surface area contributed by atoms with Gasteiger partial charge in [0.1, 0.15) is 5.82 Å². The van der Waals surface area contributed by atoms with Crippen LogP contribution in [0.3, 0.4) is 0 Å². The van der Waals surface area contributed by atoms with Crippen LogP contribution in [0.15, 0.2) is 48.5 Å². The second kappa shape index (κ2) is 7.94. The summed E-state index contributed by atoms with van der Waals surface area (Å²) < 4.78 is 20.5. The molecule has 156 valence electrons. The molecule has 3 rings (SSSR count). The van der Waals surface area contributed by atoms with Gasteiger partial charge in [-0.3, -0.25) is 14.9 Å². The number of nitrogens with zero attached hydrogens (tertiary/aromatic N) is 3. The highest BCUT2D eigenvalue weighted by atomic mass is 19.1. The van der Waals surface area contributed by atoms with Gasteiger partial charge in [0.15, 0.2) is 5.69 Å². The van der Waals surface area contributed by atoms with Gasteiger partial charge >= 0.3 is 5.69 Å². The molecule has 3 aromatic rings. The summed E-state index contributed by atoms with van der Waals surface area (Å²) in [6, 6.07) is 11.3. The zero-order valence-corrected chi connectivity index (χ0v) is 17.0. The van der Waals surface area contributed by atoms with Gasteiger partial charge in [-0.25, -0.2) is 9.07 Å². The Hall–Kier alpha value is -3.75. The van der Waals surface area contributed by atoms with E-state index in [2.05, 4.69) is 10.4 Å². The van der Waals surface area contributed by atoms with E-state index in [1.165, 1.54) is 41.1 Å². The van der Waals surface area contributed by atoms with Gasteiger partial charge in [0.25, 0.3) is 5.91 Å². The summed E-state index contributed by atoms with van der Waals surface area (Å²) in [6.45, 7) is 7.26. The van der Waals surface area contributed by atoms with Gasteiger partial charge in [-0.2, -0.15) is 5.10 Å². The zero-order valence-electron chi connectivity index (χ0n) is 17.0. The molecular weight excluding hydrogens is 391 g/mol. The molecule has 0 bridgehead atoms. The number of halogens is 1. The zero-order chi connectivity index (χ0) is 22.1. The number of carbonyl (C=O) groups is 1. The molecule has 1 aromatic heterocycles. The van der Waals surface area contributed by atoms with Gasteiger partial charge in [0, 0.05) is 17.3 Å². The fraction of sp³-hybridized carbons (Fsp3) is 0.238. The highest BCUT2D eigenvalue weighted by Gasteiger charge is 2.29. The first kappa shape index (κ1) is 21.0. The average molecular weight is 412 g/mol. The number of anilines is 1. The van der Waals surface area contributed by atoms with Crippen molar-refractivity contribution in [3.63, 3.8) is 0 Å². The highest BCUT2D eigenvalue weighted by Crippen LogP contribution is 2.36. The van der Waals surface area contributed by atoms with Crippen LogP contribution in [0.25, 0.3) is 0 Å². The standard InChI is InChI=1S/C21H21FN4O4/c1-13-18(19(27)23-15-11-9-14(22)10-12-15)24-25(21(2,3)4)20(13)30-17-8-6-5-7-16(17)26(28)29/h5-12H,1-4H3,(H,23,27). The minimum atomic E-state index is -0.571. The molecule has 0 spiro atoms. The maximum absolute atomic E-state index is 13.1. The molecule has 0 fully saturated rings. The third-order valence-electron chi connectivity index (χ3n) is 4.29. The molecule has 30 heavy (non-hydrogen) atoms. The van der Waals surface area contributed by atoms with Gasteiger partial charge in [-0.1, -0.05) is 12.1 Å². The molecule has 0 aliphatic carbocycles. The molecule has 9 heteroatoms. The van der Waals surface area contributed by atoms with Crippen molar-refractivity contribution in [3.8, 4) is 11.6 Å². The molecule has 0 aliphatic heterocycles. The van der Waals surface area contributed by atoms with Crippen molar-refractivity contribution in [2.45, 2.75) is 33.2 Å². The van der Waals surface area contributed by atoms with E-state index >= 15 is 0 Å². The van der Waals surface area contributed by atoms with Crippen molar-refractivity contribution >= 4 is 17.3 Å². The van der Waals surface area contributed by atoms with Crippen molar-refractivity contribution in [1.82, 2.24) is 9.78 Å². The molecule has 0 saturated heterocycles. The Morgan fingerprint density at radius 3 is 2.40 bits per heavy atom. The molecule has 1 heterocycles. The maximum atomic E-state index is 13.1. The lowest BCUT2D eigenvalue weighted by Crippen LogP contribution is -2.24. The lowest BCUT2D eigenvalue weighted by molar-refractivity contribution is -0.385. The van der Waals surface area contributed by atoms with Gasteiger partial charge in [0.2, 0.25) is 11.6 Å². The smallest absolute Gasteiger partial charge is 0.311 e. The number of hydrogen-bond donors (Lipinski definition) is 1. The second-order valence-electron chi connectivity index (χ2n) is 7.65. The summed E-state index contributed by atoms with van der Waals surface area (Å²) in [4.78, 5) is 23.6. The lowest BCUT2D eigenvalue weighted by Gasteiger charge is -2.22. The Morgan fingerprint density at radius 1 is 1.17 bits per heavy atom. The van der Waals surface area contributed by atoms with Gasteiger partial charge < -0.3 is 10.1 Å². The number of nitro benzene ring substituents is 1. The van der Waals surface area contributed by atoms with Gasteiger partial charge in [0.05, 0.1) is 10.5 Å². The first-order valence-corrected chi connectivity index (χ1v) is 9.16. The van der Waals surface area contributed by atoms with Crippen LogP contribution in [0.2, 0.25) is 0 Å². The first-order valence-electron chi connectivity index (χ1n) is 9.16. The van der Waals surface area contributed by atoms with Crippen LogP contribution in [0.4, 0.5) is 15.8 Å². The van der Waals surface area contributed by atoms with Crippen LogP contribution >= 0.6 is 0 Å². The van der Waals surface area contributed by atoms with Crippen LogP contribution < -0.4 is 10.1 Å². The topological polar surface area (TPSA) is 99.3 Å². The fourth-order valence-electron chi connectivity index (χ4n) is 2.79. The predicted molar refractivity (Wildman–Crippen MR) is 109 cm³/mol. The van der Waals surface area contributed by atoms with E-state index in [0.29, 0.717) is 11.3 Å². The molecule has 0 atom stereocenters. The van der Waals surface area contributed by atoms with Crippen molar-refractivity contribution in [1.29, 1.82) is 0 Å². The molecule has 0 radical (unpaired) electrons. The molecule has 0 saturated carbocycles. The quantitative estimate of drug-likeness (QED) is 0.468. The van der Waals surface area contributed by atoms with E-state index in [1.54, 1.807) is 19.1 Å². The summed E-state index contributed by atoms with van der Waals surface area (Å²) in [6.07, 6.45) is 0. The number of benzene rings is 2. The summed E-state index contributed by atoms with van der Waals surface area (Å²) in [5, 5.41) is 18.4. The average Bonchev–Trinajstić information content (AvgIpc) is 3.01. The number of nitrogens with one attached hydrogen (secondary N) is 1. The number of aromatic nitrogens is 2. The monoisotopic (exact) mass is 412 g/mol. The largest absolute Gasteiger partial charge is 0.432 e. The minimum absolute atomic E-state index is 0.0430. The van der Waals surface area contributed by atoms with Crippen LogP contribution in [-0.2, 0) is 5.54 Å². The third-order valence-corrected chi connectivity index (χ3v) is 4.29. The van der Waals surface area contributed by atoms with E-state index in [9.17, 15) is 19.3 Å². The molecule has 0 aliphatic rings. The molecule has 0 unspecified atom stereocenters.